The summed E-state index contributed by atoms with van der Waals surface area (Å²) in [4.78, 5) is 0. The molecule has 1 aliphatic carbocycles. The molecular weight excluding hydrogens is 225 g/mol. The minimum absolute atomic E-state index is 0.603. The highest BCUT2D eigenvalue weighted by atomic mass is 19.1. The van der Waals surface area contributed by atoms with E-state index >= 15 is 0 Å². The number of hydrogen-bond acceptors (Lipinski definition) is 1. The van der Waals surface area contributed by atoms with Gasteiger partial charge in [0.1, 0.15) is 6.17 Å². The zero-order valence-corrected chi connectivity index (χ0v) is 10.9. The number of benzene rings is 1. The number of alkyl halides is 1. The third-order valence-corrected chi connectivity index (χ3v) is 4.48. The average Bonchev–Trinajstić information content (AvgIpc) is 2.87. The molecule has 3 rings (SSSR count). The zero-order chi connectivity index (χ0) is 12.4. The van der Waals surface area contributed by atoms with Gasteiger partial charge in [-0.1, -0.05) is 50.3 Å². The van der Waals surface area contributed by atoms with Gasteiger partial charge in [-0.3, -0.25) is 0 Å². The van der Waals surface area contributed by atoms with Gasteiger partial charge in [0, 0.05) is 17.8 Å². The van der Waals surface area contributed by atoms with Gasteiger partial charge in [-0.15, -0.1) is 0 Å². The molecule has 0 spiro atoms. The molecule has 18 heavy (non-hydrogen) atoms. The SMILES string of the molecule is FC(CC1CCCCC1)c1cccc2c1NCC2. The monoisotopic (exact) mass is 247 g/mol. The predicted molar refractivity (Wildman–Crippen MR) is 73.7 cm³/mol. The Morgan fingerprint density at radius 2 is 2.06 bits per heavy atom. The molecular formula is C16H22FN. The summed E-state index contributed by atoms with van der Waals surface area (Å²) in [5.41, 5.74) is 3.27. The molecule has 1 aromatic carbocycles. The van der Waals surface area contributed by atoms with Crippen LogP contribution in [-0.4, -0.2) is 6.54 Å². The van der Waals surface area contributed by atoms with E-state index in [0.29, 0.717) is 5.92 Å². The van der Waals surface area contributed by atoms with E-state index in [1.165, 1.54) is 37.7 Å². The summed E-state index contributed by atoms with van der Waals surface area (Å²) >= 11 is 0. The van der Waals surface area contributed by atoms with Crippen LogP contribution in [0, 0.1) is 5.92 Å². The van der Waals surface area contributed by atoms with E-state index < -0.39 is 6.17 Å². The highest BCUT2D eigenvalue weighted by Crippen LogP contribution is 2.38. The molecule has 0 bridgehead atoms. The molecule has 2 aliphatic rings. The first-order chi connectivity index (χ1) is 8.84. The number of fused-ring (bicyclic) bond motifs is 1. The van der Waals surface area contributed by atoms with Crippen molar-refractivity contribution in [3.05, 3.63) is 29.3 Å². The maximum Gasteiger partial charge on any atom is 0.127 e. The molecule has 0 amide bonds. The minimum atomic E-state index is -0.784. The summed E-state index contributed by atoms with van der Waals surface area (Å²) < 4.78 is 14.5. The number of hydrogen-bond donors (Lipinski definition) is 1. The third-order valence-electron chi connectivity index (χ3n) is 4.48. The van der Waals surface area contributed by atoms with Gasteiger partial charge in [-0.25, -0.2) is 4.39 Å². The largest absolute Gasteiger partial charge is 0.384 e. The highest BCUT2D eigenvalue weighted by molar-refractivity contribution is 5.61. The fraction of sp³-hybridized carbons (Fsp3) is 0.625. The number of halogens is 1. The van der Waals surface area contributed by atoms with Crippen molar-refractivity contribution < 1.29 is 4.39 Å². The first-order valence-electron chi connectivity index (χ1n) is 7.34. The van der Waals surface area contributed by atoms with Crippen molar-refractivity contribution >= 4 is 5.69 Å². The third kappa shape index (κ3) is 2.38. The van der Waals surface area contributed by atoms with Crippen LogP contribution in [0.4, 0.5) is 10.1 Å². The standard InChI is InChI=1S/C16H22FN/c17-15(11-12-5-2-1-3-6-12)14-8-4-7-13-9-10-18-16(13)14/h4,7-8,12,15,18H,1-3,5-6,9-11H2. The van der Waals surface area contributed by atoms with Crippen LogP contribution in [0.25, 0.3) is 0 Å². The second-order valence-corrected chi connectivity index (χ2v) is 5.77. The zero-order valence-electron chi connectivity index (χ0n) is 10.9. The molecule has 0 saturated heterocycles. The highest BCUT2D eigenvalue weighted by Gasteiger charge is 2.24. The molecule has 1 saturated carbocycles. The van der Waals surface area contributed by atoms with Crippen LogP contribution in [0.15, 0.2) is 18.2 Å². The van der Waals surface area contributed by atoms with Crippen molar-refractivity contribution in [2.45, 2.75) is 51.1 Å². The van der Waals surface area contributed by atoms with E-state index in [9.17, 15) is 4.39 Å². The van der Waals surface area contributed by atoms with E-state index in [4.69, 9.17) is 0 Å². The van der Waals surface area contributed by atoms with Crippen LogP contribution < -0.4 is 5.32 Å². The van der Waals surface area contributed by atoms with Gasteiger partial charge in [0.15, 0.2) is 0 Å². The Morgan fingerprint density at radius 3 is 2.89 bits per heavy atom. The van der Waals surface area contributed by atoms with Crippen molar-refractivity contribution in [1.29, 1.82) is 0 Å². The van der Waals surface area contributed by atoms with E-state index in [2.05, 4.69) is 11.4 Å². The van der Waals surface area contributed by atoms with Gasteiger partial charge in [-0.05, 0) is 24.3 Å². The summed E-state index contributed by atoms with van der Waals surface area (Å²) in [6, 6.07) is 6.09. The van der Waals surface area contributed by atoms with Crippen molar-refractivity contribution in [2.75, 3.05) is 11.9 Å². The van der Waals surface area contributed by atoms with Crippen LogP contribution in [-0.2, 0) is 6.42 Å². The van der Waals surface area contributed by atoms with Gasteiger partial charge in [0.25, 0.3) is 0 Å². The van der Waals surface area contributed by atoms with Gasteiger partial charge in [0.05, 0.1) is 0 Å². The molecule has 1 aliphatic heterocycles. The molecule has 1 fully saturated rings. The van der Waals surface area contributed by atoms with Crippen molar-refractivity contribution in [2.24, 2.45) is 5.92 Å². The molecule has 1 atom stereocenters. The Labute approximate surface area is 109 Å². The number of rotatable bonds is 3. The maximum absolute atomic E-state index is 14.5. The lowest BCUT2D eigenvalue weighted by Crippen LogP contribution is -2.10. The molecule has 1 heterocycles. The molecule has 1 aromatic rings. The molecule has 2 heteroatoms. The Bertz CT molecular complexity index is 410. The summed E-state index contributed by atoms with van der Waals surface area (Å²) in [7, 11) is 0. The molecule has 0 radical (unpaired) electrons. The van der Waals surface area contributed by atoms with Gasteiger partial charge in [0.2, 0.25) is 0 Å². The summed E-state index contributed by atoms with van der Waals surface area (Å²) in [5, 5.41) is 3.35. The fourth-order valence-electron chi connectivity index (χ4n) is 3.47. The second-order valence-electron chi connectivity index (χ2n) is 5.77. The molecule has 1 unspecified atom stereocenters. The van der Waals surface area contributed by atoms with E-state index in [-0.39, 0.29) is 0 Å². The van der Waals surface area contributed by atoms with Gasteiger partial charge in [-0.2, -0.15) is 0 Å². The van der Waals surface area contributed by atoms with Crippen LogP contribution in [0.1, 0.15) is 55.8 Å². The predicted octanol–water partition coefficient (Wildman–Crippen LogP) is 4.64. The van der Waals surface area contributed by atoms with E-state index in [1.54, 1.807) is 0 Å². The molecule has 98 valence electrons. The first kappa shape index (κ1) is 12.0. The molecule has 1 N–H and O–H groups in total. The maximum atomic E-state index is 14.5. The van der Waals surface area contributed by atoms with E-state index in [0.717, 1.165) is 30.6 Å². The Hall–Kier alpha value is -1.05. The van der Waals surface area contributed by atoms with Gasteiger partial charge >= 0.3 is 0 Å². The second kappa shape index (κ2) is 5.29. The minimum Gasteiger partial charge on any atom is -0.384 e. The van der Waals surface area contributed by atoms with Crippen molar-refractivity contribution in [1.82, 2.24) is 0 Å². The van der Waals surface area contributed by atoms with Crippen LogP contribution in [0.5, 0.6) is 0 Å². The summed E-state index contributed by atoms with van der Waals surface area (Å²) in [6.45, 7) is 0.961. The Morgan fingerprint density at radius 1 is 1.22 bits per heavy atom. The van der Waals surface area contributed by atoms with Crippen molar-refractivity contribution in [3.63, 3.8) is 0 Å². The topological polar surface area (TPSA) is 12.0 Å². The lowest BCUT2D eigenvalue weighted by atomic mass is 9.84. The van der Waals surface area contributed by atoms with E-state index in [1.807, 2.05) is 12.1 Å². The molecule has 0 aromatic heterocycles. The number of para-hydroxylation sites is 1. The van der Waals surface area contributed by atoms with Gasteiger partial charge < -0.3 is 5.32 Å². The summed E-state index contributed by atoms with van der Waals surface area (Å²) in [6.07, 6.45) is 7.36. The molecule has 1 nitrogen and oxygen atoms in total. The quantitative estimate of drug-likeness (QED) is 0.820. The number of anilines is 1. The van der Waals surface area contributed by atoms with Crippen molar-refractivity contribution in [3.8, 4) is 0 Å². The summed E-state index contributed by atoms with van der Waals surface area (Å²) in [5.74, 6) is 0.603. The fourth-order valence-corrected chi connectivity index (χ4v) is 3.47. The lowest BCUT2D eigenvalue weighted by Gasteiger charge is -2.24. The smallest absolute Gasteiger partial charge is 0.127 e. The van der Waals surface area contributed by atoms with Crippen LogP contribution in [0.3, 0.4) is 0 Å². The average molecular weight is 247 g/mol. The van der Waals surface area contributed by atoms with Crippen LogP contribution >= 0.6 is 0 Å². The number of nitrogens with one attached hydrogen (secondary N) is 1. The normalized spacial score (nSPS) is 21.4. The first-order valence-corrected chi connectivity index (χ1v) is 7.34. The Kier molecular flexibility index (Phi) is 3.53. The lowest BCUT2D eigenvalue weighted by molar-refractivity contribution is 0.234. The van der Waals surface area contributed by atoms with Crippen LogP contribution in [0.2, 0.25) is 0 Å². The Balaban J connectivity index is 1.72.